The lowest BCUT2D eigenvalue weighted by Gasteiger charge is -2.46. The van der Waals surface area contributed by atoms with Crippen LogP contribution >= 0.6 is 0 Å². The molecule has 32 heavy (non-hydrogen) atoms. The van der Waals surface area contributed by atoms with Gasteiger partial charge in [-0.15, -0.1) is 0 Å². The van der Waals surface area contributed by atoms with E-state index in [9.17, 15) is 30.6 Å². The lowest BCUT2D eigenvalue weighted by Crippen LogP contribution is -2.64. The van der Waals surface area contributed by atoms with Crippen molar-refractivity contribution in [1.82, 2.24) is 0 Å². The van der Waals surface area contributed by atoms with Crippen molar-refractivity contribution >= 4 is 0 Å². The predicted molar refractivity (Wildman–Crippen MR) is 106 cm³/mol. The molecule has 1 aliphatic carbocycles. The maximum atomic E-state index is 10.2. The molecule has 14 nitrogen and oxygen atoms in total. The molecule has 0 bridgehead atoms. The number of aliphatic hydroxyl groups is 6. The van der Waals surface area contributed by atoms with Crippen LogP contribution in [0.1, 0.15) is 12.8 Å². The van der Waals surface area contributed by atoms with Crippen LogP contribution in [0.5, 0.6) is 0 Å². The van der Waals surface area contributed by atoms with Gasteiger partial charge in [0.25, 0.3) is 0 Å². The molecule has 14 heteroatoms. The lowest BCUT2D eigenvalue weighted by atomic mass is 9.86. The molecule has 0 unspecified atom stereocenters. The Kier molecular flexibility index (Phi) is 8.79. The minimum atomic E-state index is -1.54. The summed E-state index contributed by atoms with van der Waals surface area (Å²) < 4.78 is 22.6. The highest BCUT2D eigenvalue weighted by Crippen LogP contribution is 2.31. The van der Waals surface area contributed by atoms with E-state index in [-0.39, 0.29) is 25.9 Å². The smallest absolute Gasteiger partial charge is 0.186 e. The number of nitrogens with two attached hydrogens (primary N) is 4. The fourth-order valence-electron chi connectivity index (χ4n) is 4.30. The summed E-state index contributed by atoms with van der Waals surface area (Å²) in [6.45, 7) is -0.211. The Morgan fingerprint density at radius 2 is 0.969 bits per heavy atom. The summed E-state index contributed by atoms with van der Waals surface area (Å²) in [7, 11) is 0. The summed E-state index contributed by atoms with van der Waals surface area (Å²) >= 11 is 0. The second kappa shape index (κ2) is 10.8. The Hall–Kier alpha value is -0.560. The summed E-state index contributed by atoms with van der Waals surface area (Å²) in [6, 6.07) is -1.13. The molecular formula is C18H36N4O10. The molecule has 0 aromatic heterocycles. The third-order valence-electron chi connectivity index (χ3n) is 6.38. The Bertz CT molecular complexity index is 556. The number of hydrogen-bond donors (Lipinski definition) is 10. The van der Waals surface area contributed by atoms with E-state index in [4.69, 9.17) is 41.9 Å². The van der Waals surface area contributed by atoms with Crippen molar-refractivity contribution in [2.24, 2.45) is 22.9 Å². The average molecular weight is 469 g/mol. The van der Waals surface area contributed by atoms with Crippen molar-refractivity contribution in [3.8, 4) is 0 Å². The predicted octanol–water partition coefficient (Wildman–Crippen LogP) is -6.26. The van der Waals surface area contributed by atoms with E-state index in [1.807, 2.05) is 0 Å². The molecule has 0 aromatic rings. The molecule has 3 aliphatic rings. The molecule has 14 atom stereocenters. The number of hydrogen-bond acceptors (Lipinski definition) is 14. The van der Waals surface area contributed by atoms with Crippen LogP contribution in [0, 0.1) is 0 Å². The molecule has 0 radical (unpaired) electrons. The Morgan fingerprint density at radius 3 is 1.31 bits per heavy atom. The number of rotatable bonds is 6. The van der Waals surface area contributed by atoms with Gasteiger partial charge in [0.2, 0.25) is 0 Å². The van der Waals surface area contributed by atoms with Crippen LogP contribution < -0.4 is 22.9 Å². The molecule has 14 N–H and O–H groups in total. The van der Waals surface area contributed by atoms with Gasteiger partial charge in [0.05, 0.1) is 12.2 Å². The van der Waals surface area contributed by atoms with Gasteiger partial charge >= 0.3 is 0 Å². The summed E-state index contributed by atoms with van der Waals surface area (Å²) in [6.07, 6.45) is -14.5. The summed E-state index contributed by atoms with van der Waals surface area (Å²) in [5, 5.41) is 60.5. The second-order valence-corrected chi connectivity index (χ2v) is 8.65. The molecule has 188 valence electrons. The van der Waals surface area contributed by atoms with Gasteiger partial charge < -0.3 is 72.5 Å². The molecule has 2 aliphatic heterocycles. The maximum absolute atomic E-state index is 10.2. The normalized spacial score (nSPS) is 52.7. The standard InChI is InChI=1S/C18H36N4O10/c19-3-9-11(23)13(25)15(27)17(31-9)29-7-2-8(6(22)1-5(7)21)30-18-16(28)14(26)12(24)10(4-20)32-18/h5-18,23-28H,1-4,19-22H2/t5-,6-,7-,8-,9+,10+,11+,12+,13-,14-,15+,16+,17-,18-/m0/s1. The highest BCUT2D eigenvalue weighted by molar-refractivity contribution is 4.96. The summed E-state index contributed by atoms with van der Waals surface area (Å²) in [5.74, 6) is 0. The van der Waals surface area contributed by atoms with E-state index < -0.39 is 85.7 Å². The van der Waals surface area contributed by atoms with Crippen LogP contribution in [-0.2, 0) is 18.9 Å². The van der Waals surface area contributed by atoms with E-state index >= 15 is 0 Å². The Labute approximate surface area is 185 Å². The zero-order valence-electron chi connectivity index (χ0n) is 17.5. The van der Waals surface area contributed by atoms with Gasteiger partial charge in [-0.3, -0.25) is 0 Å². The third kappa shape index (κ3) is 5.24. The van der Waals surface area contributed by atoms with Crippen LogP contribution in [0.3, 0.4) is 0 Å². The first-order chi connectivity index (χ1) is 15.1. The van der Waals surface area contributed by atoms with Crippen molar-refractivity contribution in [3.63, 3.8) is 0 Å². The Morgan fingerprint density at radius 1 is 0.594 bits per heavy atom. The first-order valence-corrected chi connectivity index (χ1v) is 10.7. The lowest BCUT2D eigenvalue weighted by molar-refractivity contribution is -0.323. The van der Waals surface area contributed by atoms with Crippen molar-refractivity contribution in [3.05, 3.63) is 0 Å². The van der Waals surface area contributed by atoms with E-state index in [1.165, 1.54) is 0 Å². The molecule has 0 aromatic carbocycles. The topological polar surface area (TPSA) is 262 Å². The van der Waals surface area contributed by atoms with Crippen molar-refractivity contribution in [2.45, 2.75) is 98.5 Å². The largest absolute Gasteiger partial charge is 0.388 e. The minimum absolute atomic E-state index is 0.106. The van der Waals surface area contributed by atoms with Gasteiger partial charge in [0.1, 0.15) is 48.8 Å². The number of aliphatic hydroxyl groups excluding tert-OH is 6. The van der Waals surface area contributed by atoms with Crippen molar-refractivity contribution in [1.29, 1.82) is 0 Å². The van der Waals surface area contributed by atoms with Crippen LogP contribution in [0.4, 0.5) is 0 Å². The van der Waals surface area contributed by atoms with E-state index in [1.54, 1.807) is 0 Å². The van der Waals surface area contributed by atoms with Gasteiger partial charge in [-0.25, -0.2) is 0 Å². The SMILES string of the molecule is NC[C@H]1O[C@H](O[C@H]2C[C@H](O[C@H]3O[C@H](CN)[C@@H](O)[C@H](O)[C@H]3O)[C@@H](N)C[C@@H]2N)[C@H](O)[C@@H](O)[C@@H]1O. The van der Waals surface area contributed by atoms with Crippen molar-refractivity contribution < 1.29 is 49.6 Å². The zero-order chi connectivity index (χ0) is 23.7. The highest BCUT2D eigenvalue weighted by atomic mass is 16.7. The molecule has 2 heterocycles. The molecule has 0 spiro atoms. The fraction of sp³-hybridized carbons (Fsp3) is 1.00. The second-order valence-electron chi connectivity index (χ2n) is 8.65. The fourth-order valence-corrected chi connectivity index (χ4v) is 4.30. The zero-order valence-corrected chi connectivity index (χ0v) is 17.5. The van der Waals surface area contributed by atoms with Crippen LogP contribution in [0.15, 0.2) is 0 Å². The molecule has 2 saturated heterocycles. The molecule has 1 saturated carbocycles. The van der Waals surface area contributed by atoms with Crippen LogP contribution in [-0.4, -0.2) is 129 Å². The molecular weight excluding hydrogens is 432 g/mol. The molecule has 3 fully saturated rings. The number of ether oxygens (including phenoxy) is 4. The maximum Gasteiger partial charge on any atom is 0.186 e. The van der Waals surface area contributed by atoms with Crippen LogP contribution in [0.2, 0.25) is 0 Å². The summed E-state index contributed by atoms with van der Waals surface area (Å²) in [4.78, 5) is 0. The van der Waals surface area contributed by atoms with Gasteiger partial charge in [-0.1, -0.05) is 0 Å². The highest BCUT2D eigenvalue weighted by Gasteiger charge is 2.48. The monoisotopic (exact) mass is 468 g/mol. The van der Waals surface area contributed by atoms with E-state index in [2.05, 4.69) is 0 Å². The average Bonchev–Trinajstić information content (AvgIpc) is 2.77. The van der Waals surface area contributed by atoms with Gasteiger partial charge in [-0.2, -0.15) is 0 Å². The van der Waals surface area contributed by atoms with Crippen molar-refractivity contribution in [2.75, 3.05) is 13.1 Å². The van der Waals surface area contributed by atoms with E-state index in [0.29, 0.717) is 0 Å². The molecule has 3 rings (SSSR count). The van der Waals surface area contributed by atoms with Gasteiger partial charge in [-0.05, 0) is 6.42 Å². The first kappa shape index (κ1) is 26.1. The van der Waals surface area contributed by atoms with E-state index in [0.717, 1.165) is 0 Å². The summed E-state index contributed by atoms with van der Waals surface area (Å²) in [5.41, 5.74) is 23.4. The first-order valence-electron chi connectivity index (χ1n) is 10.7. The third-order valence-corrected chi connectivity index (χ3v) is 6.38. The van der Waals surface area contributed by atoms with Crippen LogP contribution in [0.25, 0.3) is 0 Å². The van der Waals surface area contributed by atoms with Gasteiger partial charge in [0.15, 0.2) is 12.6 Å². The Balaban J connectivity index is 1.66. The van der Waals surface area contributed by atoms with Gasteiger partial charge in [0, 0.05) is 31.6 Å². The quantitative estimate of drug-likeness (QED) is 0.174. The molecule has 0 amide bonds. The minimum Gasteiger partial charge on any atom is -0.388 e.